The highest BCUT2D eigenvalue weighted by Crippen LogP contribution is 2.21. The number of hydrogen-bond acceptors (Lipinski definition) is 7. The standard InChI is InChI=1S/C18H25N5O4/c1-2-3-4-5-14(11-22(27)13-24)18(26)23-16(7-9-21-23)17(25)10-15-6-8-19-12-20-15/h6,8-9,12-14,16,27H,2-5,7,10-11H2,1H3/t14-,16+/m1/s1. The lowest BCUT2D eigenvalue weighted by Gasteiger charge is -2.26. The number of rotatable bonds is 11. The third-order valence-corrected chi connectivity index (χ3v) is 4.46. The van der Waals surface area contributed by atoms with E-state index in [-0.39, 0.29) is 31.1 Å². The van der Waals surface area contributed by atoms with Crippen LogP contribution < -0.4 is 0 Å². The highest BCUT2D eigenvalue weighted by atomic mass is 16.5. The minimum Gasteiger partial charge on any atom is -0.297 e. The summed E-state index contributed by atoms with van der Waals surface area (Å²) in [6.07, 6.45) is 8.39. The fraction of sp³-hybridized carbons (Fsp3) is 0.556. The highest BCUT2D eigenvalue weighted by Gasteiger charge is 2.36. The molecule has 1 aromatic rings. The van der Waals surface area contributed by atoms with Crippen LogP contribution in [-0.2, 0) is 20.8 Å². The van der Waals surface area contributed by atoms with Crippen molar-refractivity contribution in [1.82, 2.24) is 20.0 Å². The molecule has 2 heterocycles. The number of carbonyl (C=O) groups excluding carboxylic acids is 3. The zero-order chi connectivity index (χ0) is 19.6. The van der Waals surface area contributed by atoms with Crippen molar-refractivity contribution < 1.29 is 19.6 Å². The third-order valence-electron chi connectivity index (χ3n) is 4.46. The van der Waals surface area contributed by atoms with Crippen molar-refractivity contribution in [3.8, 4) is 0 Å². The summed E-state index contributed by atoms with van der Waals surface area (Å²) in [7, 11) is 0. The first kappa shape index (κ1) is 20.6. The SMILES string of the molecule is CCCCC[C@H](CN(O)C=O)C(=O)N1N=CC[C@H]1C(=O)Cc1ccncn1. The van der Waals surface area contributed by atoms with Gasteiger partial charge in [0.1, 0.15) is 12.4 Å². The number of aromatic nitrogens is 2. The Morgan fingerprint density at radius 3 is 2.93 bits per heavy atom. The lowest BCUT2D eigenvalue weighted by atomic mass is 9.98. The van der Waals surface area contributed by atoms with Gasteiger partial charge < -0.3 is 0 Å². The Morgan fingerprint density at radius 2 is 2.26 bits per heavy atom. The molecular weight excluding hydrogens is 350 g/mol. The second kappa shape index (κ2) is 10.5. The molecule has 0 unspecified atom stereocenters. The van der Waals surface area contributed by atoms with E-state index < -0.39 is 12.0 Å². The number of Topliss-reactive ketones (excluding diaryl/α,β-unsaturated/α-hetero) is 1. The van der Waals surface area contributed by atoms with Gasteiger partial charge in [0, 0.05) is 18.8 Å². The van der Waals surface area contributed by atoms with E-state index in [1.807, 2.05) is 6.92 Å². The number of unbranched alkanes of at least 4 members (excludes halogenated alkanes) is 2. The van der Waals surface area contributed by atoms with E-state index in [1.54, 1.807) is 18.5 Å². The van der Waals surface area contributed by atoms with Crippen molar-refractivity contribution in [2.24, 2.45) is 11.0 Å². The van der Waals surface area contributed by atoms with Gasteiger partial charge in [-0.3, -0.25) is 19.6 Å². The Morgan fingerprint density at radius 1 is 1.44 bits per heavy atom. The number of hydroxylamine groups is 2. The molecule has 2 amide bonds. The maximum atomic E-state index is 12.9. The molecule has 0 aliphatic carbocycles. The number of hydrogen-bond donors (Lipinski definition) is 1. The Balaban J connectivity index is 2.06. The minimum absolute atomic E-state index is 0.0846. The van der Waals surface area contributed by atoms with Crippen LogP contribution in [0.25, 0.3) is 0 Å². The van der Waals surface area contributed by atoms with Crippen LogP contribution in [0.5, 0.6) is 0 Å². The van der Waals surface area contributed by atoms with Crippen molar-refractivity contribution >= 4 is 24.3 Å². The minimum atomic E-state index is -0.690. The van der Waals surface area contributed by atoms with E-state index in [0.717, 1.165) is 19.3 Å². The van der Waals surface area contributed by atoms with E-state index in [0.29, 0.717) is 23.6 Å². The van der Waals surface area contributed by atoms with Crippen LogP contribution in [0, 0.1) is 5.92 Å². The molecule has 1 N–H and O–H groups in total. The number of hydrazone groups is 1. The monoisotopic (exact) mass is 375 g/mol. The molecule has 0 bridgehead atoms. The average molecular weight is 375 g/mol. The topological polar surface area (TPSA) is 116 Å². The lowest BCUT2D eigenvalue weighted by Crippen LogP contribution is -2.44. The van der Waals surface area contributed by atoms with Gasteiger partial charge in [-0.25, -0.2) is 20.0 Å². The second-order valence-corrected chi connectivity index (χ2v) is 6.50. The number of ketones is 1. The summed E-state index contributed by atoms with van der Waals surface area (Å²) in [4.78, 5) is 44.2. The summed E-state index contributed by atoms with van der Waals surface area (Å²) >= 11 is 0. The largest absolute Gasteiger partial charge is 0.297 e. The Kier molecular flexibility index (Phi) is 8.00. The van der Waals surface area contributed by atoms with E-state index in [4.69, 9.17) is 0 Å². The molecule has 0 fully saturated rings. The maximum absolute atomic E-state index is 12.9. The predicted octanol–water partition coefficient (Wildman–Crippen LogP) is 1.22. The molecule has 9 heteroatoms. The fourth-order valence-corrected chi connectivity index (χ4v) is 3.00. The fourth-order valence-electron chi connectivity index (χ4n) is 3.00. The molecule has 146 valence electrons. The molecule has 0 aromatic carbocycles. The van der Waals surface area contributed by atoms with Crippen LogP contribution in [0.1, 0.15) is 44.7 Å². The van der Waals surface area contributed by atoms with E-state index in [2.05, 4.69) is 15.1 Å². The number of carbonyl (C=O) groups is 3. The van der Waals surface area contributed by atoms with Crippen LogP contribution >= 0.6 is 0 Å². The molecule has 2 atom stereocenters. The second-order valence-electron chi connectivity index (χ2n) is 6.50. The molecule has 0 spiro atoms. The molecule has 1 aliphatic heterocycles. The molecular formula is C18H25N5O4. The molecule has 2 rings (SSSR count). The summed E-state index contributed by atoms with van der Waals surface area (Å²) in [5.41, 5.74) is 0.580. The van der Waals surface area contributed by atoms with Crippen molar-refractivity contribution in [3.05, 3.63) is 24.3 Å². The molecule has 0 saturated carbocycles. The molecule has 9 nitrogen and oxygen atoms in total. The van der Waals surface area contributed by atoms with Crippen molar-refractivity contribution in [2.75, 3.05) is 6.54 Å². The maximum Gasteiger partial charge on any atom is 0.248 e. The van der Waals surface area contributed by atoms with Crippen LogP contribution in [-0.4, -0.2) is 62.1 Å². The van der Waals surface area contributed by atoms with E-state index in [1.165, 1.54) is 11.3 Å². The quantitative estimate of drug-likeness (QED) is 0.269. The molecule has 0 radical (unpaired) electrons. The molecule has 27 heavy (non-hydrogen) atoms. The number of amides is 2. The summed E-state index contributed by atoms with van der Waals surface area (Å²) in [6.45, 7) is 1.93. The van der Waals surface area contributed by atoms with E-state index in [9.17, 15) is 19.6 Å². The van der Waals surface area contributed by atoms with Gasteiger partial charge in [-0.1, -0.05) is 26.2 Å². The van der Waals surface area contributed by atoms with Gasteiger partial charge in [0.05, 0.1) is 24.6 Å². The molecule has 1 aromatic heterocycles. The highest BCUT2D eigenvalue weighted by molar-refractivity contribution is 5.94. The third kappa shape index (κ3) is 5.92. The van der Waals surface area contributed by atoms with Crippen LogP contribution in [0.3, 0.4) is 0 Å². The Bertz CT molecular complexity index is 667. The van der Waals surface area contributed by atoms with Crippen LogP contribution in [0.4, 0.5) is 0 Å². The van der Waals surface area contributed by atoms with Gasteiger partial charge in [0.15, 0.2) is 5.78 Å². The lowest BCUT2D eigenvalue weighted by molar-refractivity contribution is -0.158. The van der Waals surface area contributed by atoms with Crippen LogP contribution in [0.15, 0.2) is 23.7 Å². The van der Waals surface area contributed by atoms with Gasteiger partial charge in [-0.15, -0.1) is 0 Å². The first-order chi connectivity index (χ1) is 13.1. The summed E-state index contributed by atoms with van der Waals surface area (Å²) < 4.78 is 0. The van der Waals surface area contributed by atoms with Gasteiger partial charge in [0.2, 0.25) is 12.3 Å². The van der Waals surface area contributed by atoms with Gasteiger partial charge in [-0.2, -0.15) is 5.10 Å². The first-order valence-corrected chi connectivity index (χ1v) is 9.10. The number of nitrogens with zero attached hydrogens (tertiary/aromatic N) is 5. The van der Waals surface area contributed by atoms with Crippen molar-refractivity contribution in [2.45, 2.75) is 51.5 Å². The van der Waals surface area contributed by atoms with E-state index >= 15 is 0 Å². The molecule has 0 saturated heterocycles. The van der Waals surface area contributed by atoms with Gasteiger partial charge >= 0.3 is 0 Å². The van der Waals surface area contributed by atoms with Gasteiger partial charge in [-0.05, 0) is 12.5 Å². The normalized spacial score (nSPS) is 17.0. The summed E-state index contributed by atoms with van der Waals surface area (Å²) in [6, 6.07) is 0.964. The Hall–Kier alpha value is -2.68. The smallest absolute Gasteiger partial charge is 0.248 e. The average Bonchev–Trinajstić information content (AvgIpc) is 3.17. The summed E-state index contributed by atoms with van der Waals surface area (Å²) in [5.74, 6) is -1.14. The van der Waals surface area contributed by atoms with Gasteiger partial charge in [0.25, 0.3) is 0 Å². The predicted molar refractivity (Wildman–Crippen MR) is 96.7 cm³/mol. The summed E-state index contributed by atoms with van der Waals surface area (Å²) in [5, 5.41) is 15.3. The Labute approximate surface area is 158 Å². The van der Waals surface area contributed by atoms with Crippen LogP contribution in [0.2, 0.25) is 0 Å². The zero-order valence-electron chi connectivity index (χ0n) is 15.4. The van der Waals surface area contributed by atoms with Crippen molar-refractivity contribution in [3.63, 3.8) is 0 Å². The first-order valence-electron chi connectivity index (χ1n) is 9.10. The molecule has 1 aliphatic rings. The van der Waals surface area contributed by atoms with Crippen molar-refractivity contribution in [1.29, 1.82) is 0 Å². The zero-order valence-corrected chi connectivity index (χ0v) is 15.4.